The Balaban J connectivity index is 1.72. The maximum absolute atomic E-state index is 12.8. The summed E-state index contributed by atoms with van der Waals surface area (Å²) in [4.78, 5) is 23.7. The van der Waals surface area contributed by atoms with Crippen LogP contribution in [0.1, 0.15) is 23.2 Å². The molecular weight excluding hydrogens is 347 g/mol. The van der Waals surface area contributed by atoms with Crippen LogP contribution < -0.4 is 15.4 Å². The van der Waals surface area contributed by atoms with Crippen molar-refractivity contribution in [2.75, 3.05) is 19.0 Å². The quantitative estimate of drug-likeness (QED) is 0.737. The molecule has 0 saturated heterocycles. The molecule has 0 saturated carbocycles. The third-order valence-corrected chi connectivity index (χ3v) is 3.70. The van der Waals surface area contributed by atoms with Crippen molar-refractivity contribution in [1.29, 1.82) is 0 Å². The fraction of sp³-hybridized carbons (Fsp3) is 0.222. The van der Waals surface area contributed by atoms with Crippen molar-refractivity contribution in [3.05, 3.63) is 58.9 Å². The lowest BCUT2D eigenvalue weighted by Crippen LogP contribution is -2.25. The predicted molar refractivity (Wildman–Crippen MR) is 94.6 cm³/mol. The summed E-state index contributed by atoms with van der Waals surface area (Å²) in [5.74, 6) is -0.352. The van der Waals surface area contributed by atoms with Crippen LogP contribution in [0.4, 0.5) is 10.1 Å². The Bertz CT molecular complexity index is 750. The molecule has 0 fully saturated rings. The van der Waals surface area contributed by atoms with E-state index in [1.807, 2.05) is 0 Å². The van der Waals surface area contributed by atoms with Crippen LogP contribution in [0.3, 0.4) is 0 Å². The van der Waals surface area contributed by atoms with E-state index in [4.69, 9.17) is 16.3 Å². The first-order chi connectivity index (χ1) is 12.0. The molecular formula is C18H18ClFN2O3. The molecule has 2 rings (SSSR count). The van der Waals surface area contributed by atoms with Gasteiger partial charge < -0.3 is 15.4 Å². The number of carbonyl (C=O) groups excluding carboxylic acids is 2. The number of rotatable bonds is 7. The lowest BCUT2D eigenvalue weighted by atomic mass is 10.2. The molecule has 7 heteroatoms. The number of benzene rings is 2. The minimum atomic E-state index is -0.396. The third kappa shape index (κ3) is 5.76. The van der Waals surface area contributed by atoms with Crippen molar-refractivity contribution in [3.63, 3.8) is 0 Å². The highest BCUT2D eigenvalue weighted by Gasteiger charge is 2.07. The molecule has 0 unspecified atom stereocenters. The molecule has 0 radical (unpaired) electrons. The molecule has 2 N–H and O–H groups in total. The van der Waals surface area contributed by atoms with Crippen molar-refractivity contribution in [1.82, 2.24) is 5.32 Å². The summed E-state index contributed by atoms with van der Waals surface area (Å²) < 4.78 is 17.8. The van der Waals surface area contributed by atoms with Gasteiger partial charge in [0.2, 0.25) is 5.91 Å². The molecule has 0 bridgehead atoms. The van der Waals surface area contributed by atoms with Crippen LogP contribution in [0, 0.1) is 5.82 Å². The zero-order valence-corrected chi connectivity index (χ0v) is 14.4. The van der Waals surface area contributed by atoms with E-state index in [1.54, 1.807) is 18.2 Å². The van der Waals surface area contributed by atoms with E-state index < -0.39 is 5.82 Å². The van der Waals surface area contributed by atoms with E-state index in [9.17, 15) is 14.0 Å². The van der Waals surface area contributed by atoms with Crippen molar-refractivity contribution in [3.8, 4) is 5.75 Å². The SMILES string of the molecule is COc1ccc(NC(=O)CCCNC(=O)c2ccc(F)cc2)cc1Cl. The van der Waals surface area contributed by atoms with Crippen molar-refractivity contribution in [2.45, 2.75) is 12.8 Å². The highest BCUT2D eigenvalue weighted by atomic mass is 35.5. The number of methoxy groups -OCH3 is 1. The molecule has 132 valence electrons. The summed E-state index contributed by atoms with van der Waals surface area (Å²) in [5.41, 5.74) is 0.949. The maximum atomic E-state index is 12.8. The van der Waals surface area contributed by atoms with Crippen molar-refractivity contribution >= 4 is 29.1 Å². The van der Waals surface area contributed by atoms with Gasteiger partial charge in [0.15, 0.2) is 0 Å². The van der Waals surface area contributed by atoms with Gasteiger partial charge >= 0.3 is 0 Å². The molecule has 25 heavy (non-hydrogen) atoms. The van der Waals surface area contributed by atoms with Crippen LogP contribution in [0.2, 0.25) is 5.02 Å². The van der Waals surface area contributed by atoms with Gasteiger partial charge in [-0.25, -0.2) is 4.39 Å². The summed E-state index contributed by atoms with van der Waals surface area (Å²) >= 11 is 6.00. The van der Waals surface area contributed by atoms with Gasteiger partial charge in [-0.3, -0.25) is 9.59 Å². The van der Waals surface area contributed by atoms with Gasteiger partial charge in [-0.15, -0.1) is 0 Å². The molecule has 2 aromatic rings. The smallest absolute Gasteiger partial charge is 0.251 e. The van der Waals surface area contributed by atoms with E-state index >= 15 is 0 Å². The molecule has 0 spiro atoms. The first-order valence-corrected chi connectivity index (χ1v) is 8.04. The second-order valence-electron chi connectivity index (χ2n) is 5.26. The number of hydrogen-bond donors (Lipinski definition) is 2. The monoisotopic (exact) mass is 364 g/mol. The fourth-order valence-electron chi connectivity index (χ4n) is 2.12. The molecule has 5 nitrogen and oxygen atoms in total. The molecule has 2 amide bonds. The minimum absolute atomic E-state index is 0.183. The Morgan fingerprint density at radius 2 is 1.88 bits per heavy atom. The highest BCUT2D eigenvalue weighted by Crippen LogP contribution is 2.27. The standard InChI is InChI=1S/C18H18ClFN2O3/c1-25-16-9-8-14(11-15(16)19)22-17(23)3-2-10-21-18(24)12-4-6-13(20)7-5-12/h4-9,11H,2-3,10H2,1H3,(H,21,24)(H,22,23). The summed E-state index contributed by atoms with van der Waals surface area (Å²) in [6, 6.07) is 10.2. The first-order valence-electron chi connectivity index (χ1n) is 7.67. The second-order valence-corrected chi connectivity index (χ2v) is 5.67. The Morgan fingerprint density at radius 1 is 1.16 bits per heavy atom. The number of carbonyl (C=O) groups is 2. The van der Waals surface area contributed by atoms with Crippen molar-refractivity contribution in [2.24, 2.45) is 0 Å². The maximum Gasteiger partial charge on any atom is 0.251 e. The van der Waals surface area contributed by atoms with Gasteiger partial charge in [0.05, 0.1) is 12.1 Å². The third-order valence-electron chi connectivity index (χ3n) is 3.41. The molecule has 0 aliphatic carbocycles. The van der Waals surface area contributed by atoms with Gasteiger partial charge in [0.1, 0.15) is 11.6 Å². The number of amides is 2. The average molecular weight is 365 g/mol. The molecule has 0 aliphatic rings. The summed E-state index contributed by atoms with van der Waals surface area (Å²) in [7, 11) is 1.51. The van der Waals surface area contributed by atoms with Crippen LogP contribution in [-0.2, 0) is 4.79 Å². The molecule has 0 heterocycles. The fourth-order valence-corrected chi connectivity index (χ4v) is 2.38. The topological polar surface area (TPSA) is 67.4 Å². The van der Waals surface area contributed by atoms with Crippen LogP contribution in [0.15, 0.2) is 42.5 Å². The first kappa shape index (κ1) is 18.7. The number of hydrogen-bond acceptors (Lipinski definition) is 3. The average Bonchev–Trinajstić information content (AvgIpc) is 2.59. The van der Waals surface area contributed by atoms with E-state index in [1.165, 1.54) is 31.4 Å². The van der Waals surface area contributed by atoms with E-state index in [2.05, 4.69) is 10.6 Å². The number of halogens is 2. The number of nitrogens with one attached hydrogen (secondary N) is 2. The van der Waals surface area contributed by atoms with Gasteiger partial charge in [-0.2, -0.15) is 0 Å². The van der Waals surface area contributed by atoms with Gasteiger partial charge in [-0.1, -0.05) is 11.6 Å². The molecule has 0 aliphatic heterocycles. The molecule has 0 aromatic heterocycles. The predicted octanol–water partition coefficient (Wildman–Crippen LogP) is 3.64. The van der Waals surface area contributed by atoms with E-state index in [-0.39, 0.29) is 18.2 Å². The Hall–Kier alpha value is -2.60. The zero-order valence-electron chi connectivity index (χ0n) is 13.6. The van der Waals surface area contributed by atoms with Gasteiger partial charge in [-0.05, 0) is 48.9 Å². The molecule has 2 aromatic carbocycles. The second kappa shape index (κ2) is 9.03. The Kier molecular flexibility index (Phi) is 6.77. The summed E-state index contributed by atoms with van der Waals surface area (Å²) in [5, 5.41) is 5.82. The number of ether oxygens (including phenoxy) is 1. The lowest BCUT2D eigenvalue weighted by molar-refractivity contribution is -0.116. The lowest BCUT2D eigenvalue weighted by Gasteiger charge is -2.08. The van der Waals surface area contributed by atoms with Gasteiger partial charge in [0.25, 0.3) is 5.91 Å². The largest absolute Gasteiger partial charge is 0.495 e. The summed E-state index contributed by atoms with van der Waals surface area (Å²) in [6.45, 7) is 0.340. The Labute approximate surface area is 150 Å². The Morgan fingerprint density at radius 3 is 2.52 bits per heavy atom. The van der Waals surface area contributed by atoms with Crippen LogP contribution >= 0.6 is 11.6 Å². The zero-order chi connectivity index (χ0) is 18.2. The number of anilines is 1. The summed E-state index contributed by atoms with van der Waals surface area (Å²) in [6.07, 6.45) is 0.718. The minimum Gasteiger partial charge on any atom is -0.495 e. The van der Waals surface area contributed by atoms with Crippen LogP contribution in [0.25, 0.3) is 0 Å². The highest BCUT2D eigenvalue weighted by molar-refractivity contribution is 6.32. The van der Waals surface area contributed by atoms with Crippen LogP contribution in [-0.4, -0.2) is 25.5 Å². The van der Waals surface area contributed by atoms with Gasteiger partial charge in [0, 0.05) is 24.2 Å². The van der Waals surface area contributed by atoms with E-state index in [0.29, 0.717) is 35.0 Å². The van der Waals surface area contributed by atoms with Crippen LogP contribution in [0.5, 0.6) is 5.75 Å². The van der Waals surface area contributed by atoms with Crippen molar-refractivity contribution < 1.29 is 18.7 Å². The van der Waals surface area contributed by atoms with E-state index in [0.717, 1.165) is 0 Å². The normalized spacial score (nSPS) is 10.2. The molecule has 0 atom stereocenters.